The van der Waals surface area contributed by atoms with Crippen molar-refractivity contribution in [3.05, 3.63) is 65.7 Å². The molecule has 3 heterocycles. The van der Waals surface area contributed by atoms with Crippen molar-refractivity contribution in [2.45, 2.75) is 20.0 Å². The Kier molecular flexibility index (Phi) is 5.69. The van der Waals surface area contributed by atoms with Crippen LogP contribution in [0.5, 0.6) is 0 Å². The zero-order valence-corrected chi connectivity index (χ0v) is 16.1. The van der Waals surface area contributed by atoms with Crippen molar-refractivity contribution >= 4 is 16.9 Å². The van der Waals surface area contributed by atoms with E-state index in [4.69, 9.17) is 9.15 Å². The van der Waals surface area contributed by atoms with Gasteiger partial charge in [0.1, 0.15) is 5.58 Å². The lowest BCUT2D eigenvalue weighted by Gasteiger charge is -2.34. The van der Waals surface area contributed by atoms with Crippen molar-refractivity contribution in [1.82, 2.24) is 14.8 Å². The molecule has 146 valence electrons. The van der Waals surface area contributed by atoms with Gasteiger partial charge in [-0.1, -0.05) is 24.3 Å². The molecule has 0 saturated carbocycles. The van der Waals surface area contributed by atoms with Gasteiger partial charge in [-0.05, 0) is 25.1 Å². The molecule has 4 rings (SSSR count). The summed E-state index contributed by atoms with van der Waals surface area (Å²) in [6, 6.07) is 13.8. The van der Waals surface area contributed by atoms with Crippen LogP contribution < -0.4 is 0 Å². The fourth-order valence-electron chi connectivity index (χ4n) is 3.67. The molecule has 1 aliphatic rings. The predicted octanol–water partition coefficient (Wildman–Crippen LogP) is 3.32. The summed E-state index contributed by atoms with van der Waals surface area (Å²) in [5.74, 6) is -0.0542. The zero-order valence-electron chi connectivity index (χ0n) is 16.1. The number of furan rings is 1. The SMILES string of the molecule is CCOC(=O)c1oc2ccccc2c1CN1CCN(Cc2ccccn2)CC1. The van der Waals surface area contributed by atoms with E-state index in [0.717, 1.165) is 55.0 Å². The first-order valence-corrected chi connectivity index (χ1v) is 9.76. The monoisotopic (exact) mass is 379 g/mol. The van der Waals surface area contributed by atoms with Crippen LogP contribution in [0.25, 0.3) is 11.0 Å². The summed E-state index contributed by atoms with van der Waals surface area (Å²) in [6.45, 7) is 7.52. The molecular formula is C22H25N3O3. The number of esters is 1. The van der Waals surface area contributed by atoms with Crippen molar-refractivity contribution in [2.75, 3.05) is 32.8 Å². The van der Waals surface area contributed by atoms with Gasteiger partial charge in [0.15, 0.2) is 0 Å². The number of fused-ring (bicyclic) bond motifs is 1. The van der Waals surface area contributed by atoms with E-state index in [1.165, 1.54) is 0 Å². The Hall–Kier alpha value is -2.70. The van der Waals surface area contributed by atoms with Gasteiger partial charge in [0.25, 0.3) is 0 Å². The van der Waals surface area contributed by atoms with Crippen molar-refractivity contribution in [3.63, 3.8) is 0 Å². The average molecular weight is 379 g/mol. The average Bonchev–Trinajstić information content (AvgIpc) is 3.09. The molecule has 0 bridgehead atoms. The summed E-state index contributed by atoms with van der Waals surface area (Å²) in [7, 11) is 0. The first kappa shape index (κ1) is 18.7. The van der Waals surface area contributed by atoms with Gasteiger partial charge >= 0.3 is 5.97 Å². The lowest BCUT2D eigenvalue weighted by atomic mass is 10.1. The molecule has 3 aromatic rings. The molecule has 28 heavy (non-hydrogen) atoms. The Morgan fingerprint density at radius 2 is 1.75 bits per heavy atom. The first-order valence-electron chi connectivity index (χ1n) is 9.76. The van der Waals surface area contributed by atoms with Crippen molar-refractivity contribution in [1.29, 1.82) is 0 Å². The number of hydrogen-bond acceptors (Lipinski definition) is 6. The lowest BCUT2D eigenvalue weighted by molar-refractivity contribution is 0.0487. The number of hydrogen-bond donors (Lipinski definition) is 0. The highest BCUT2D eigenvalue weighted by atomic mass is 16.5. The molecule has 6 nitrogen and oxygen atoms in total. The van der Waals surface area contributed by atoms with Crippen LogP contribution >= 0.6 is 0 Å². The number of aromatic nitrogens is 1. The maximum Gasteiger partial charge on any atom is 0.374 e. The van der Waals surface area contributed by atoms with Gasteiger partial charge in [0, 0.05) is 56.4 Å². The molecule has 6 heteroatoms. The fourth-order valence-corrected chi connectivity index (χ4v) is 3.67. The second kappa shape index (κ2) is 8.54. The number of carbonyl (C=O) groups excluding carboxylic acids is 1. The van der Waals surface area contributed by atoms with E-state index in [2.05, 4.69) is 20.9 Å². The molecule has 2 aromatic heterocycles. The lowest BCUT2D eigenvalue weighted by Crippen LogP contribution is -2.45. The van der Waals surface area contributed by atoms with E-state index in [1.54, 1.807) is 6.92 Å². The highest BCUT2D eigenvalue weighted by Gasteiger charge is 2.25. The Morgan fingerprint density at radius 3 is 2.46 bits per heavy atom. The third-order valence-electron chi connectivity index (χ3n) is 5.12. The molecule has 1 aliphatic heterocycles. The third-order valence-corrected chi connectivity index (χ3v) is 5.12. The van der Waals surface area contributed by atoms with Crippen LogP contribution in [0.1, 0.15) is 28.7 Å². The molecule has 0 spiro atoms. The van der Waals surface area contributed by atoms with Crippen molar-refractivity contribution < 1.29 is 13.9 Å². The molecule has 0 aliphatic carbocycles. The smallest absolute Gasteiger partial charge is 0.374 e. The van der Waals surface area contributed by atoms with Crippen LogP contribution in [0.15, 0.2) is 53.1 Å². The van der Waals surface area contributed by atoms with Crippen LogP contribution in [-0.4, -0.2) is 53.5 Å². The summed E-state index contributed by atoms with van der Waals surface area (Å²) in [6.07, 6.45) is 1.84. The summed E-state index contributed by atoms with van der Waals surface area (Å²) >= 11 is 0. The third kappa shape index (κ3) is 4.08. The van der Waals surface area contributed by atoms with Gasteiger partial charge in [-0.2, -0.15) is 0 Å². The molecule has 0 amide bonds. The molecule has 0 radical (unpaired) electrons. The van der Waals surface area contributed by atoms with Crippen LogP contribution in [0.2, 0.25) is 0 Å². The maximum atomic E-state index is 12.4. The quantitative estimate of drug-likeness (QED) is 0.613. The highest BCUT2D eigenvalue weighted by molar-refractivity contribution is 5.96. The van der Waals surface area contributed by atoms with Gasteiger partial charge in [0.2, 0.25) is 5.76 Å². The summed E-state index contributed by atoms with van der Waals surface area (Å²) < 4.78 is 11.0. The summed E-state index contributed by atoms with van der Waals surface area (Å²) in [5.41, 5.74) is 2.75. The van der Waals surface area contributed by atoms with E-state index in [0.29, 0.717) is 18.9 Å². The van der Waals surface area contributed by atoms with Crippen molar-refractivity contribution in [2.24, 2.45) is 0 Å². The molecule has 1 saturated heterocycles. The molecular weight excluding hydrogens is 354 g/mol. The second-order valence-corrected chi connectivity index (χ2v) is 7.00. The van der Waals surface area contributed by atoms with Crippen LogP contribution in [0, 0.1) is 0 Å². The van der Waals surface area contributed by atoms with E-state index in [1.807, 2.05) is 42.6 Å². The maximum absolute atomic E-state index is 12.4. The Labute approximate surface area is 164 Å². The van der Waals surface area contributed by atoms with E-state index < -0.39 is 0 Å². The van der Waals surface area contributed by atoms with Gasteiger partial charge in [-0.15, -0.1) is 0 Å². The minimum atomic E-state index is -0.387. The number of piperazine rings is 1. The van der Waals surface area contributed by atoms with E-state index in [-0.39, 0.29) is 5.97 Å². The number of benzene rings is 1. The van der Waals surface area contributed by atoms with Crippen LogP contribution in [0.4, 0.5) is 0 Å². The van der Waals surface area contributed by atoms with Gasteiger partial charge in [-0.3, -0.25) is 14.8 Å². The number of carbonyl (C=O) groups is 1. The van der Waals surface area contributed by atoms with E-state index in [9.17, 15) is 4.79 Å². The Balaban J connectivity index is 1.45. The first-order chi connectivity index (χ1) is 13.7. The van der Waals surface area contributed by atoms with Gasteiger partial charge in [0.05, 0.1) is 12.3 Å². The zero-order chi connectivity index (χ0) is 19.3. The molecule has 0 N–H and O–H groups in total. The number of rotatable bonds is 6. The summed E-state index contributed by atoms with van der Waals surface area (Å²) in [4.78, 5) is 21.6. The van der Waals surface area contributed by atoms with Crippen LogP contribution in [0.3, 0.4) is 0 Å². The van der Waals surface area contributed by atoms with Crippen molar-refractivity contribution in [3.8, 4) is 0 Å². The number of ether oxygens (including phenoxy) is 1. The fraction of sp³-hybridized carbons (Fsp3) is 0.364. The van der Waals surface area contributed by atoms with Gasteiger partial charge < -0.3 is 9.15 Å². The van der Waals surface area contributed by atoms with Crippen LogP contribution in [-0.2, 0) is 17.8 Å². The molecule has 0 atom stereocenters. The molecule has 1 fully saturated rings. The second-order valence-electron chi connectivity index (χ2n) is 7.00. The number of para-hydroxylation sites is 1. The van der Waals surface area contributed by atoms with Gasteiger partial charge in [-0.25, -0.2) is 4.79 Å². The molecule has 1 aromatic carbocycles. The number of pyridine rings is 1. The van der Waals surface area contributed by atoms with E-state index >= 15 is 0 Å². The summed E-state index contributed by atoms with van der Waals surface area (Å²) in [5, 5.41) is 0.987. The number of nitrogens with zero attached hydrogens (tertiary/aromatic N) is 3. The Bertz CT molecular complexity index is 931. The highest BCUT2D eigenvalue weighted by Crippen LogP contribution is 2.28. The molecule has 0 unspecified atom stereocenters. The minimum absolute atomic E-state index is 0.332. The standard InChI is InChI=1S/C22H25N3O3/c1-2-27-22(26)21-19(18-8-3-4-9-20(18)28-21)16-25-13-11-24(12-14-25)15-17-7-5-6-10-23-17/h3-10H,2,11-16H2,1H3. The topological polar surface area (TPSA) is 58.8 Å². The predicted molar refractivity (Wildman–Crippen MR) is 107 cm³/mol. The minimum Gasteiger partial charge on any atom is -0.460 e. The normalized spacial score (nSPS) is 15.8. The Morgan fingerprint density at radius 1 is 1.04 bits per heavy atom. The largest absolute Gasteiger partial charge is 0.460 e.